The Balaban J connectivity index is 0.963. The van der Waals surface area contributed by atoms with E-state index in [4.69, 9.17) is 19.5 Å². The fourth-order valence-corrected chi connectivity index (χ4v) is 32.5. The first-order chi connectivity index (χ1) is 51.6. The van der Waals surface area contributed by atoms with Crippen molar-refractivity contribution >= 4 is 282 Å². The molecule has 9 bridgehead atoms. The topological polar surface area (TPSA) is 77.3 Å². The van der Waals surface area contributed by atoms with Crippen LogP contribution >= 0.6 is 0 Å². The van der Waals surface area contributed by atoms with Gasteiger partial charge in [-0.05, 0) is 336 Å². The lowest BCUT2D eigenvalue weighted by Gasteiger charge is -2.57. The number of rotatable bonds is 4. The standard InChI is InChI=1S/C98H28N2O4/c101-91-89-93-81-65-54-43-36-37-41-34-33-38-35-39(34)50-59-48(41)55-44(37)46-45(43)56-53-57(46)68-66(55)82-70(59)74-61(50)52-42(35)51-60-49(38)58(47(54)40(33)36)69(81)73(60)85-75-62(51)63(52)76-80-79(75)87(95(85,93)97(99-89,29-13-5-1-6-14-29)30-15-7-2-8-16-30)77-71(83(93)67(56)65)64(53)72-78(77)88(80)96(86(74)76)94(82,84(68)72)90(92(102)104-26-28-23-21-27(22-24-28)25-103-91)100-98(96,31-17-9-3-10-18-31)32-19-11-4-12-20-32/h1-24H,25-26H2. The maximum atomic E-state index is 18.0. The molecule has 29 aromatic carbocycles. The monoisotopic (exact) mass is 1300 g/mol. The van der Waals surface area contributed by atoms with E-state index in [2.05, 4.69) is 146 Å². The smallest absolute Gasteiger partial charge is 0.353 e. The Bertz CT molecular complexity index is 9110. The zero-order valence-electron chi connectivity index (χ0n) is 53.8. The average Bonchev–Trinajstić information content (AvgIpc) is 1.37. The minimum Gasteiger partial charge on any atom is -0.456 e. The third-order valence-corrected chi connectivity index (χ3v) is 33.4. The van der Waals surface area contributed by atoms with Crippen molar-refractivity contribution in [2.45, 2.75) is 46.0 Å². The van der Waals surface area contributed by atoms with Crippen LogP contribution in [-0.4, -0.2) is 23.4 Å². The van der Waals surface area contributed by atoms with E-state index in [1.165, 1.54) is 303 Å². The van der Waals surface area contributed by atoms with Gasteiger partial charge < -0.3 is 9.47 Å². The van der Waals surface area contributed by atoms with Crippen molar-refractivity contribution in [2.24, 2.45) is 9.98 Å². The highest BCUT2D eigenvalue weighted by atomic mass is 16.5. The minimum atomic E-state index is -1.30. The molecule has 6 nitrogen and oxygen atoms in total. The number of hydrogen-bond acceptors (Lipinski definition) is 6. The van der Waals surface area contributed by atoms with Gasteiger partial charge in [0, 0.05) is 0 Å². The van der Waals surface area contributed by atoms with Crippen LogP contribution in [0.2, 0.25) is 0 Å². The Morgan fingerprint density at radius 3 is 0.596 bits per heavy atom. The van der Waals surface area contributed by atoms with E-state index in [0.29, 0.717) is 11.4 Å². The highest BCUT2D eigenvalue weighted by Crippen LogP contribution is 2.92. The summed E-state index contributed by atoms with van der Waals surface area (Å²) in [4.78, 5) is 49.8. The molecule has 0 radical (unpaired) electrons. The molecular weight excluding hydrogens is 1270 g/mol. The summed E-state index contributed by atoms with van der Waals surface area (Å²) < 4.78 is 14.7. The highest BCUT2D eigenvalue weighted by Gasteiger charge is 2.86. The van der Waals surface area contributed by atoms with Gasteiger partial charge in [0.05, 0.1) is 21.7 Å². The van der Waals surface area contributed by atoms with Crippen molar-refractivity contribution in [2.75, 3.05) is 0 Å². The third-order valence-electron chi connectivity index (χ3n) is 33.4. The van der Waals surface area contributed by atoms with Gasteiger partial charge in [-0.3, -0.25) is 9.98 Å². The van der Waals surface area contributed by atoms with Gasteiger partial charge in [0.15, 0.2) is 0 Å². The molecule has 29 aromatic rings. The molecule has 0 amide bonds. The van der Waals surface area contributed by atoms with Crippen LogP contribution < -0.4 is 0 Å². The average molecular weight is 1300 g/mol. The summed E-state index contributed by atoms with van der Waals surface area (Å²) in [5.41, 5.74) is 10.2. The van der Waals surface area contributed by atoms with Crippen LogP contribution in [0.4, 0.5) is 0 Å². The minimum absolute atomic E-state index is 0.0336. The second-order valence-corrected chi connectivity index (χ2v) is 34.8. The van der Waals surface area contributed by atoms with Crippen molar-refractivity contribution in [3.8, 4) is 0 Å². The molecule has 0 saturated carbocycles. The molecule has 4 spiro atoms. The number of carbonyl (C=O) groups excluding carboxylic acids is 2. The first-order valence-electron chi connectivity index (χ1n) is 37.5. The molecule has 0 N–H and O–H groups in total. The van der Waals surface area contributed by atoms with Gasteiger partial charge in [0.2, 0.25) is 0 Å². The summed E-state index contributed by atoms with van der Waals surface area (Å²) in [6.07, 6.45) is 0. The fraction of sp³-hybridized carbons (Fsp3) is 0.0816. The van der Waals surface area contributed by atoms with Crippen LogP contribution in [0.15, 0.2) is 156 Å². The fourth-order valence-electron chi connectivity index (χ4n) is 32.5. The van der Waals surface area contributed by atoms with Crippen LogP contribution in [-0.2, 0) is 65.0 Å². The highest BCUT2D eigenvalue weighted by molar-refractivity contribution is 6.79. The van der Waals surface area contributed by atoms with Crippen LogP contribution in [0.3, 0.4) is 0 Å². The van der Waals surface area contributed by atoms with Crippen LogP contribution in [0.1, 0.15) is 77.9 Å². The van der Waals surface area contributed by atoms with Crippen molar-refractivity contribution in [1.82, 2.24) is 0 Å². The number of fused-ring (bicyclic) bond motifs is 6. The number of benzene rings is 21. The van der Waals surface area contributed by atoms with E-state index in [1.807, 2.05) is 0 Å². The SMILES string of the molecule is O=C1OCc2ccc(cc2)COC(=O)C2=NC(c3ccccc3)(c3ccccc3)C34c5c6c7c8c9c5c5c3c3c%10c%11c%12c%13c(c6c6c7c7c%14c%15c%16c%17c%18c(c9c9c5c5c3c3c%10c%10c%12c%12c%19c%13c6c%14c%19c6c%15c%13c%17c%14c%18c9c5c5c%14c9c%13c6c%12c%10c9c35)C83C(c5ccccc5)(c5ccccc5)N=C1C7%163)C2%114. The molecule has 0 fully saturated rings. The molecule has 4 unspecified atom stereocenters. The summed E-state index contributed by atoms with van der Waals surface area (Å²) in [7, 11) is 0. The summed E-state index contributed by atoms with van der Waals surface area (Å²) in [6, 6.07) is 54.0. The molecule has 454 valence electrons. The largest absolute Gasteiger partial charge is 0.456 e. The summed E-state index contributed by atoms with van der Waals surface area (Å²) in [6.45, 7) is 0.0672. The van der Waals surface area contributed by atoms with Gasteiger partial charge in [-0.1, -0.05) is 146 Å². The van der Waals surface area contributed by atoms with E-state index in [1.54, 1.807) is 0 Å². The zero-order chi connectivity index (χ0) is 64.3. The number of esters is 2. The number of nitrogens with zero attached hydrogens (tertiary/aromatic N) is 2. The lowest BCUT2D eigenvalue weighted by Crippen LogP contribution is -2.62. The van der Waals surface area contributed by atoms with Crippen molar-refractivity contribution in [1.29, 1.82) is 0 Å². The van der Waals surface area contributed by atoms with Crippen LogP contribution in [0.25, 0.3) is 259 Å². The molecule has 104 heavy (non-hydrogen) atoms. The molecule has 0 saturated heterocycles. The van der Waals surface area contributed by atoms with E-state index in [-0.39, 0.29) is 25.2 Å². The Morgan fingerprint density at radius 2 is 0.385 bits per heavy atom. The first kappa shape index (κ1) is 44.4. The lowest BCUT2D eigenvalue weighted by atomic mass is 9.40. The molecule has 6 heteroatoms. The summed E-state index contributed by atoms with van der Waals surface area (Å²) in [5, 5.41) is 67.5. The molecule has 12 aliphatic rings. The van der Waals surface area contributed by atoms with Gasteiger partial charge in [-0.15, -0.1) is 0 Å². The normalized spacial score (nSPS) is 24.3. The Labute approximate surface area is 576 Å². The van der Waals surface area contributed by atoms with E-state index in [0.717, 1.165) is 33.4 Å². The van der Waals surface area contributed by atoms with Crippen molar-refractivity contribution < 1.29 is 19.1 Å². The number of aliphatic imine (C=N–C) groups is 2. The maximum absolute atomic E-state index is 18.0. The second-order valence-electron chi connectivity index (χ2n) is 34.8. The predicted molar refractivity (Wildman–Crippen MR) is 415 cm³/mol. The van der Waals surface area contributed by atoms with Crippen LogP contribution in [0, 0.1) is 0 Å². The van der Waals surface area contributed by atoms with Gasteiger partial charge >= 0.3 is 11.9 Å². The lowest BCUT2D eigenvalue weighted by molar-refractivity contribution is -0.138. The van der Waals surface area contributed by atoms with E-state index < -0.39 is 32.7 Å². The van der Waals surface area contributed by atoms with Gasteiger partial charge in [0.1, 0.15) is 35.7 Å². The zero-order valence-corrected chi connectivity index (χ0v) is 53.8. The first-order valence-corrected chi connectivity index (χ1v) is 37.5. The predicted octanol–water partition coefficient (Wildman–Crippen LogP) is 21.5. The van der Waals surface area contributed by atoms with E-state index >= 15 is 9.59 Å². The van der Waals surface area contributed by atoms with Crippen molar-refractivity contribution in [3.63, 3.8) is 0 Å². The molecule has 4 atom stereocenters. The van der Waals surface area contributed by atoms with Gasteiger partial charge in [0.25, 0.3) is 0 Å². The van der Waals surface area contributed by atoms with E-state index in [9.17, 15) is 0 Å². The molecule has 4 aliphatic heterocycles. The van der Waals surface area contributed by atoms with Crippen molar-refractivity contribution in [3.05, 3.63) is 223 Å². The quantitative estimate of drug-likeness (QED) is 0.130. The molecule has 41 rings (SSSR count). The molecule has 4 heterocycles. The molecular formula is C98H28N2O4. The summed E-state index contributed by atoms with van der Waals surface area (Å²) >= 11 is 0. The number of hydrogen-bond donors (Lipinski definition) is 0. The van der Waals surface area contributed by atoms with Gasteiger partial charge in [-0.2, -0.15) is 0 Å². The second kappa shape index (κ2) is 11.3. The Hall–Kier alpha value is -12.9. The van der Waals surface area contributed by atoms with Crippen LogP contribution in [0.5, 0.6) is 0 Å². The number of carbonyl (C=O) groups is 2. The third kappa shape index (κ3) is 2.80. The number of ether oxygens (including phenoxy) is 2. The van der Waals surface area contributed by atoms with Gasteiger partial charge in [-0.25, -0.2) is 9.59 Å². The molecule has 8 aliphatic carbocycles. The Morgan fingerprint density at radius 1 is 0.212 bits per heavy atom. The summed E-state index contributed by atoms with van der Waals surface area (Å²) in [5.74, 6) is -0.715. The maximum Gasteiger partial charge on any atom is 0.353 e. The Kier molecular flexibility index (Phi) is 4.84. The molecule has 0 aromatic heterocycles.